The fourth-order valence-electron chi connectivity index (χ4n) is 11.0. The summed E-state index contributed by atoms with van der Waals surface area (Å²) in [4.78, 5) is 157. The zero-order chi connectivity index (χ0) is 82.2. The molecule has 40 nitrogen and oxygen atoms in total. The molecule has 602 valence electrons. The number of imidazole rings is 6. The topological polar surface area (TPSA) is 703 Å². The summed E-state index contributed by atoms with van der Waals surface area (Å²) >= 11 is 0. The minimum atomic E-state index is -1.75. The number of aromatic carboxylic acids is 12. The number of rotatable bonds is 21. The zero-order valence-corrected chi connectivity index (χ0v) is 74.3. The second-order valence-electron chi connectivity index (χ2n) is 23.3. The monoisotopic (exact) mass is 1860 g/mol. The van der Waals surface area contributed by atoms with Crippen molar-refractivity contribution < 1.29 is 219 Å². The molecule has 0 aliphatic rings. The van der Waals surface area contributed by atoms with Crippen molar-refractivity contribution in [2.75, 3.05) is 0 Å². The molecule has 0 spiro atoms. The van der Waals surface area contributed by atoms with Gasteiger partial charge in [-0.3, -0.25) is 0 Å². The van der Waals surface area contributed by atoms with Crippen LogP contribution in [0.3, 0.4) is 0 Å². The summed E-state index contributed by atoms with van der Waals surface area (Å²) in [6.07, 6.45) is 32.8. The molecule has 0 atom stereocenters. The molecule has 6 aromatic heterocycles. The van der Waals surface area contributed by atoms with Crippen LogP contribution in [-0.4, -0.2) is 171 Å². The number of hydrogen-bond acceptors (Lipinski definition) is 26. The molecule has 0 saturated carbocycles. The Morgan fingerprint density at radius 3 is 0.451 bits per heavy atom. The van der Waals surface area contributed by atoms with E-state index >= 15 is 0 Å². The molecule has 0 amide bonds. The van der Waals surface area contributed by atoms with Crippen LogP contribution in [0.5, 0.6) is 0 Å². The van der Waals surface area contributed by atoms with Crippen molar-refractivity contribution in [1.29, 1.82) is 0 Å². The molecule has 14 aromatic rings. The van der Waals surface area contributed by atoms with E-state index in [0.717, 1.165) is 107 Å². The molecular formula is C78H54N12O28Zn4. The normalized spacial score (nSPS) is 9.74. The Kier molecular flexibility index (Phi) is 39.0. The Morgan fingerprint density at radius 2 is 0.336 bits per heavy atom. The fraction of sp³-hybridized carbons (Fsp3) is 0. The minimum absolute atomic E-state index is 0. The van der Waals surface area contributed by atoms with Gasteiger partial charge in [0, 0.05) is 119 Å². The average molecular weight is 1870 g/mol. The molecule has 0 saturated heterocycles. The van der Waals surface area contributed by atoms with Gasteiger partial charge in [0.2, 0.25) is 0 Å². The van der Waals surface area contributed by atoms with E-state index in [1.807, 2.05) is 64.6 Å². The maximum atomic E-state index is 11.1. The van der Waals surface area contributed by atoms with E-state index in [-0.39, 0.29) is 133 Å². The predicted octanol–water partition coefficient (Wildman–Crippen LogP) is -3.06. The smallest absolute Gasteiger partial charge is 0.545 e. The van der Waals surface area contributed by atoms with Crippen LogP contribution in [0.1, 0.15) is 124 Å². The molecule has 6 heterocycles. The molecule has 12 N–H and O–H groups in total. The van der Waals surface area contributed by atoms with E-state index in [2.05, 4.69) is 66.3 Å². The van der Waals surface area contributed by atoms with Gasteiger partial charge in [0.05, 0.1) is 142 Å². The minimum Gasteiger partial charge on any atom is -0.545 e. The van der Waals surface area contributed by atoms with Crippen molar-refractivity contribution in [3.05, 3.63) is 325 Å². The molecule has 44 heteroatoms. The van der Waals surface area contributed by atoms with Gasteiger partial charge >= 0.3 is 102 Å². The first-order valence-electron chi connectivity index (χ1n) is 32.2. The molecule has 8 aromatic carbocycles. The van der Waals surface area contributed by atoms with Crippen LogP contribution in [0.4, 0.5) is 0 Å². The number of benzene rings is 8. The molecule has 0 unspecified atom stereocenters. The van der Waals surface area contributed by atoms with E-state index in [1.54, 1.807) is 75.1 Å². The molecule has 0 aliphatic heterocycles. The van der Waals surface area contributed by atoms with Crippen molar-refractivity contribution in [2.45, 2.75) is 0 Å². The Bertz CT molecular complexity index is 5100. The predicted molar refractivity (Wildman–Crippen MR) is 388 cm³/mol. The van der Waals surface area contributed by atoms with Gasteiger partial charge in [0.15, 0.2) is 0 Å². The number of carbonyl (C=O) groups excluding carboxylic acids is 8. The van der Waals surface area contributed by atoms with Crippen LogP contribution < -0.4 is 40.9 Å². The number of nitrogens with zero attached hydrogens (tertiary/aromatic N) is 12. The van der Waals surface area contributed by atoms with Crippen molar-refractivity contribution >= 4 is 71.6 Å². The number of carboxylic acids is 12. The van der Waals surface area contributed by atoms with Gasteiger partial charge in [0.1, 0.15) is 0 Å². The molecule has 0 fully saturated rings. The van der Waals surface area contributed by atoms with Crippen LogP contribution in [0.2, 0.25) is 0 Å². The molecule has 0 radical (unpaired) electrons. The third kappa shape index (κ3) is 25.0. The van der Waals surface area contributed by atoms with Gasteiger partial charge in [-0.1, -0.05) is 48.5 Å². The second-order valence-corrected chi connectivity index (χ2v) is 23.3. The van der Waals surface area contributed by atoms with Crippen molar-refractivity contribution in [2.24, 2.45) is 0 Å². The van der Waals surface area contributed by atoms with Gasteiger partial charge < -0.3 is 149 Å². The molecule has 0 aliphatic carbocycles. The Morgan fingerprint density at radius 1 is 0.205 bits per heavy atom. The van der Waals surface area contributed by atoms with E-state index in [0.29, 0.717) is 0 Å². The summed E-state index contributed by atoms with van der Waals surface area (Å²) in [5.41, 5.74) is 0.342. The summed E-state index contributed by atoms with van der Waals surface area (Å²) in [6, 6.07) is 32.0. The summed E-state index contributed by atoms with van der Waals surface area (Å²) in [5.74, 6) is -19.7. The van der Waals surface area contributed by atoms with Gasteiger partial charge in [-0.25, -0.2) is 49.1 Å². The van der Waals surface area contributed by atoms with Gasteiger partial charge in [-0.15, -0.1) is 0 Å². The summed E-state index contributed by atoms with van der Waals surface area (Å²) in [7, 11) is 0. The first kappa shape index (κ1) is 103. The van der Waals surface area contributed by atoms with Crippen LogP contribution in [-0.2, 0) is 77.9 Å². The van der Waals surface area contributed by atoms with Crippen LogP contribution in [0, 0.1) is 0 Å². The zero-order valence-electron chi connectivity index (χ0n) is 62.4. The maximum Gasteiger partial charge on any atom is 2.00 e. The van der Waals surface area contributed by atoms with Gasteiger partial charge in [-0.05, 0) is 130 Å². The first-order chi connectivity index (χ1) is 54.5. The third-order valence-corrected chi connectivity index (χ3v) is 16.4. The third-order valence-electron chi connectivity index (χ3n) is 16.4. The molecule has 122 heavy (non-hydrogen) atoms. The number of carboxylic acid groups (broad SMARTS) is 12. The van der Waals surface area contributed by atoms with Crippen molar-refractivity contribution in [3.8, 4) is 67.5 Å². The number of aromatic nitrogens is 12. The Balaban J connectivity index is 0.000000509. The summed E-state index contributed by atoms with van der Waals surface area (Å²) < 4.78 is 11.8. The van der Waals surface area contributed by atoms with E-state index < -0.39 is 138 Å². The van der Waals surface area contributed by atoms with E-state index in [9.17, 15) is 98.4 Å². The van der Waals surface area contributed by atoms with Crippen LogP contribution in [0.15, 0.2) is 258 Å². The van der Waals surface area contributed by atoms with E-state index in [1.165, 1.54) is 36.4 Å². The maximum absolute atomic E-state index is 11.1. The van der Waals surface area contributed by atoms with Crippen molar-refractivity contribution in [1.82, 2.24) is 57.3 Å². The fourth-order valence-corrected chi connectivity index (χ4v) is 11.0. The second kappa shape index (κ2) is 46.2. The molecule has 14 rings (SSSR count). The largest absolute Gasteiger partial charge is 2.00 e. The average Bonchev–Trinajstić information content (AvgIpc) is 1.51. The molecular weight excluding hydrogens is 1810 g/mol. The SMILES string of the molecule is O.O.O.O.O=C([O-])c1cc(-c2ccc(C(=O)O)c(C(=O)[O-])c2)ccc1C(=O)O.O=C([O-])c1ccc(-c2ccc(C(=O)O)c(C(=O)[O-])c2)cc1C(=O)[O-].O=C([O-])c1ccc(-c2ccc(C(=O)O)c(C(=O)[O-])c2)cc1C(=O)[O-].[Zn+2].[Zn+2].[Zn+2].[Zn+2].c1cn(-c2cc(-n3ccnc3)cc(-n3ccnc3)c2)cn1.c1cn(-c2cc(-n3ccnc3)cc(-n3ccnc3)c2)cn1. The summed E-state index contributed by atoms with van der Waals surface area (Å²) in [6.45, 7) is 0. The quantitative estimate of drug-likeness (QED) is 0.0519. The summed E-state index contributed by atoms with van der Waals surface area (Å²) in [5, 5.41) is 124. The number of hydrogen-bond donors (Lipinski definition) is 4. The van der Waals surface area contributed by atoms with Crippen LogP contribution in [0.25, 0.3) is 67.5 Å². The Hall–Kier alpha value is -15.0. The van der Waals surface area contributed by atoms with Gasteiger partial charge in [-0.2, -0.15) is 0 Å². The van der Waals surface area contributed by atoms with Gasteiger partial charge in [0.25, 0.3) is 0 Å². The van der Waals surface area contributed by atoms with E-state index in [4.69, 9.17) is 20.4 Å². The molecule has 0 bridgehead atoms. The van der Waals surface area contributed by atoms with Crippen LogP contribution >= 0.6 is 0 Å². The Labute approximate surface area is 734 Å². The standard InChI is InChI=1S/3C16H10O8.2C15H12N6.4H2O.4Zn/c3*17-13(18)9-3-1-7(5-11(9)15(21)22)8-2-4-10(14(19)20)12(6-8)16(23)24;2*1-4-19(10-16-1)13-7-14(20-5-2-17-11-20)9-15(8-13)21-6-3-18-12-21;;;;;;;;/h3*1-6H,(H,17,18)(H,19,20)(H,21,22)(H,23,24);2*1-12H;4*1H2;;;;/q;;;;;;;;;4*+2/p-8. The number of carbonyl (C=O) groups is 12. The van der Waals surface area contributed by atoms with Crippen molar-refractivity contribution in [3.63, 3.8) is 0 Å². The first-order valence-corrected chi connectivity index (χ1v) is 32.2.